The minimum atomic E-state index is -0.559. The lowest BCUT2D eigenvalue weighted by molar-refractivity contribution is -0.230. The molecule has 0 bridgehead atoms. The zero-order valence-electron chi connectivity index (χ0n) is 15.0. The monoisotopic (exact) mass is 316 g/mol. The Balaban J connectivity index is 4.19. The Labute approximate surface area is 136 Å². The zero-order valence-corrected chi connectivity index (χ0v) is 15.0. The second-order valence-corrected chi connectivity index (χ2v) is 6.11. The van der Waals surface area contributed by atoms with Crippen LogP contribution in [0.5, 0.6) is 0 Å². The van der Waals surface area contributed by atoms with Crippen LogP contribution in [0.4, 0.5) is 4.79 Å². The topological polar surface area (TPSA) is 73.6 Å². The van der Waals surface area contributed by atoms with Gasteiger partial charge in [0.15, 0.2) is 5.79 Å². The maximum Gasteiger partial charge on any atom is 0.312 e. The number of unbranched alkanes of at least 4 members (excludes halogenated alkanes) is 5. The molecule has 0 spiro atoms. The summed E-state index contributed by atoms with van der Waals surface area (Å²) in [6, 6.07) is -0.464. The average molecular weight is 316 g/mol. The van der Waals surface area contributed by atoms with E-state index in [0.29, 0.717) is 12.5 Å². The van der Waals surface area contributed by atoms with E-state index in [9.17, 15) is 4.79 Å². The van der Waals surface area contributed by atoms with Crippen LogP contribution >= 0.6 is 0 Å². The van der Waals surface area contributed by atoms with Crippen LogP contribution in [-0.2, 0) is 9.47 Å². The van der Waals surface area contributed by atoms with Crippen LogP contribution in [-0.4, -0.2) is 32.6 Å². The molecule has 0 rings (SSSR count). The summed E-state index contributed by atoms with van der Waals surface area (Å²) in [6.07, 6.45) is 10.6. The van der Waals surface area contributed by atoms with Crippen molar-refractivity contribution in [1.82, 2.24) is 5.32 Å². The molecule has 5 nitrogen and oxygen atoms in total. The molecule has 0 aliphatic carbocycles. The molecule has 1 atom stereocenters. The third-order valence-electron chi connectivity index (χ3n) is 4.49. The van der Waals surface area contributed by atoms with Gasteiger partial charge in [-0.2, -0.15) is 0 Å². The van der Waals surface area contributed by atoms with Gasteiger partial charge in [-0.25, -0.2) is 4.79 Å². The van der Waals surface area contributed by atoms with E-state index >= 15 is 0 Å². The first-order chi connectivity index (χ1) is 10.5. The van der Waals surface area contributed by atoms with Crippen LogP contribution in [0.15, 0.2) is 0 Å². The second-order valence-electron chi connectivity index (χ2n) is 6.11. The maximum absolute atomic E-state index is 10.7. The summed E-state index contributed by atoms with van der Waals surface area (Å²) < 4.78 is 11.2. The number of urea groups is 1. The van der Waals surface area contributed by atoms with Crippen molar-refractivity contribution in [2.24, 2.45) is 11.7 Å². The van der Waals surface area contributed by atoms with Crippen molar-refractivity contribution in [3.05, 3.63) is 0 Å². The van der Waals surface area contributed by atoms with Gasteiger partial charge in [0, 0.05) is 26.7 Å². The first kappa shape index (κ1) is 21.2. The van der Waals surface area contributed by atoms with Gasteiger partial charge in [0.2, 0.25) is 0 Å². The summed E-state index contributed by atoms with van der Waals surface area (Å²) in [6.45, 7) is 4.83. The summed E-state index contributed by atoms with van der Waals surface area (Å²) in [5.74, 6) is -0.237. The molecule has 0 fully saturated rings. The molecule has 2 amide bonds. The van der Waals surface area contributed by atoms with E-state index in [-0.39, 0.29) is 0 Å². The number of hydrogen-bond donors (Lipinski definition) is 2. The molecule has 1 unspecified atom stereocenters. The largest absolute Gasteiger partial charge is 0.353 e. The van der Waals surface area contributed by atoms with Crippen LogP contribution in [0.3, 0.4) is 0 Å². The van der Waals surface area contributed by atoms with Crippen LogP contribution in [0, 0.1) is 5.92 Å². The lowest BCUT2D eigenvalue weighted by atomic mass is 9.88. The second kappa shape index (κ2) is 12.7. The van der Waals surface area contributed by atoms with E-state index in [1.807, 2.05) is 6.92 Å². The van der Waals surface area contributed by atoms with Crippen LogP contribution < -0.4 is 11.1 Å². The van der Waals surface area contributed by atoms with E-state index in [1.165, 1.54) is 38.5 Å². The van der Waals surface area contributed by atoms with Gasteiger partial charge >= 0.3 is 6.03 Å². The highest BCUT2D eigenvalue weighted by atomic mass is 16.7. The maximum atomic E-state index is 10.7. The molecule has 5 heteroatoms. The van der Waals surface area contributed by atoms with Gasteiger partial charge in [-0.1, -0.05) is 45.4 Å². The standard InChI is InChI=1S/C17H36N2O3/c1-5-6-7-8-9-10-12-15(17(2,21-3)22-4)13-11-14-19-16(18)20/h15H,5-14H2,1-4H3,(H3,18,19,20). The summed E-state index contributed by atoms with van der Waals surface area (Å²) in [4.78, 5) is 10.7. The Morgan fingerprint density at radius 2 is 1.59 bits per heavy atom. The summed E-state index contributed by atoms with van der Waals surface area (Å²) in [5.41, 5.74) is 5.09. The number of carbonyl (C=O) groups excluding carboxylic acids is 1. The predicted octanol–water partition coefficient (Wildman–Crippen LogP) is 3.81. The normalized spacial score (nSPS) is 13.1. The summed E-state index contributed by atoms with van der Waals surface area (Å²) >= 11 is 0. The van der Waals surface area contributed by atoms with Crippen molar-refractivity contribution in [3.8, 4) is 0 Å². The van der Waals surface area contributed by atoms with Crippen molar-refractivity contribution in [1.29, 1.82) is 0 Å². The molecule has 0 saturated carbocycles. The van der Waals surface area contributed by atoms with E-state index in [2.05, 4.69) is 12.2 Å². The fraction of sp³-hybridized carbons (Fsp3) is 0.941. The molecule has 0 radical (unpaired) electrons. The van der Waals surface area contributed by atoms with E-state index in [1.54, 1.807) is 14.2 Å². The number of primary amides is 1. The van der Waals surface area contributed by atoms with Gasteiger partial charge in [-0.15, -0.1) is 0 Å². The predicted molar refractivity (Wildman–Crippen MR) is 90.7 cm³/mol. The Morgan fingerprint density at radius 3 is 2.14 bits per heavy atom. The van der Waals surface area contributed by atoms with Crippen molar-refractivity contribution in [3.63, 3.8) is 0 Å². The van der Waals surface area contributed by atoms with Crippen LogP contribution in [0.25, 0.3) is 0 Å². The minimum Gasteiger partial charge on any atom is -0.353 e. The Morgan fingerprint density at radius 1 is 1.05 bits per heavy atom. The lowest BCUT2D eigenvalue weighted by Gasteiger charge is -2.35. The molecule has 22 heavy (non-hydrogen) atoms. The number of nitrogens with one attached hydrogen (secondary N) is 1. The molecule has 0 aromatic carbocycles. The fourth-order valence-corrected chi connectivity index (χ4v) is 2.82. The van der Waals surface area contributed by atoms with Crippen LogP contribution in [0.2, 0.25) is 0 Å². The van der Waals surface area contributed by atoms with Gasteiger partial charge in [0.1, 0.15) is 0 Å². The highest BCUT2D eigenvalue weighted by Crippen LogP contribution is 2.31. The van der Waals surface area contributed by atoms with E-state index in [4.69, 9.17) is 15.2 Å². The molecule has 3 N–H and O–H groups in total. The number of nitrogens with two attached hydrogens (primary N) is 1. The molecule has 132 valence electrons. The summed E-state index contributed by atoms with van der Waals surface area (Å²) in [7, 11) is 3.39. The van der Waals surface area contributed by atoms with E-state index < -0.39 is 11.8 Å². The SMILES string of the molecule is CCCCCCCCC(CCCNC(N)=O)C(C)(OC)OC. The first-order valence-electron chi connectivity index (χ1n) is 8.63. The highest BCUT2D eigenvalue weighted by molar-refractivity contribution is 5.71. The summed E-state index contributed by atoms with van der Waals surface area (Å²) in [5, 5.41) is 2.64. The molecular weight excluding hydrogens is 280 g/mol. The number of hydrogen-bond acceptors (Lipinski definition) is 3. The first-order valence-corrected chi connectivity index (χ1v) is 8.63. The third kappa shape index (κ3) is 9.26. The number of rotatable bonds is 14. The van der Waals surface area contributed by atoms with Crippen molar-refractivity contribution >= 4 is 6.03 Å². The molecular formula is C17H36N2O3. The molecule has 0 saturated heterocycles. The fourth-order valence-electron chi connectivity index (χ4n) is 2.82. The van der Waals surface area contributed by atoms with Crippen LogP contribution in [0.1, 0.15) is 71.6 Å². The molecule has 0 aromatic rings. The van der Waals surface area contributed by atoms with Gasteiger partial charge in [0.05, 0.1) is 0 Å². The Hall–Kier alpha value is -0.810. The molecule has 0 heterocycles. The Kier molecular flexibility index (Phi) is 12.2. The average Bonchev–Trinajstić information content (AvgIpc) is 2.51. The van der Waals surface area contributed by atoms with Crippen molar-refractivity contribution in [2.75, 3.05) is 20.8 Å². The van der Waals surface area contributed by atoms with Gasteiger partial charge < -0.3 is 20.5 Å². The van der Waals surface area contributed by atoms with Gasteiger partial charge in [-0.05, 0) is 26.2 Å². The number of ether oxygens (including phenoxy) is 2. The third-order valence-corrected chi connectivity index (χ3v) is 4.49. The quantitative estimate of drug-likeness (QED) is 0.378. The molecule has 0 aromatic heterocycles. The van der Waals surface area contributed by atoms with Gasteiger partial charge in [-0.3, -0.25) is 0 Å². The highest BCUT2D eigenvalue weighted by Gasteiger charge is 2.33. The molecule has 0 aliphatic heterocycles. The lowest BCUT2D eigenvalue weighted by Crippen LogP contribution is -2.39. The minimum absolute atomic E-state index is 0.323. The number of amides is 2. The number of carbonyl (C=O) groups is 1. The molecule has 0 aliphatic rings. The van der Waals surface area contributed by atoms with E-state index in [0.717, 1.165) is 19.3 Å². The number of methoxy groups -OCH3 is 2. The van der Waals surface area contributed by atoms with Crippen molar-refractivity contribution < 1.29 is 14.3 Å². The zero-order chi connectivity index (χ0) is 16.8. The smallest absolute Gasteiger partial charge is 0.312 e. The Bertz CT molecular complexity index is 281. The van der Waals surface area contributed by atoms with Gasteiger partial charge in [0.25, 0.3) is 0 Å². The van der Waals surface area contributed by atoms with Crippen molar-refractivity contribution in [2.45, 2.75) is 77.4 Å².